The molecule has 2 aromatic rings. The van der Waals surface area contributed by atoms with E-state index in [2.05, 4.69) is 5.32 Å². The minimum absolute atomic E-state index is 0.00702. The number of benzene rings is 2. The first-order valence-electron chi connectivity index (χ1n) is 8.34. The molecule has 0 unspecified atom stereocenters. The van der Waals surface area contributed by atoms with Crippen LogP contribution in [-0.4, -0.2) is 17.5 Å². The molecule has 0 saturated heterocycles. The molecule has 1 aliphatic carbocycles. The number of carbonyl (C=O) groups is 3. The molecular weight excluding hydrogens is 302 g/mol. The van der Waals surface area contributed by atoms with E-state index in [1.54, 1.807) is 0 Å². The molecule has 1 fully saturated rings. The van der Waals surface area contributed by atoms with E-state index in [1.165, 1.54) is 6.92 Å². The Morgan fingerprint density at radius 2 is 1.88 bits per heavy atom. The largest absolute Gasteiger partial charge is 0.325 e. The molecule has 3 rings (SSSR count). The molecule has 0 aliphatic heterocycles. The first kappa shape index (κ1) is 16.4. The molecule has 4 nitrogen and oxygen atoms in total. The van der Waals surface area contributed by atoms with Gasteiger partial charge in [0.1, 0.15) is 17.0 Å². The van der Waals surface area contributed by atoms with Crippen molar-refractivity contribution in [1.82, 2.24) is 0 Å². The van der Waals surface area contributed by atoms with Gasteiger partial charge in [0.15, 0.2) is 0 Å². The van der Waals surface area contributed by atoms with Gasteiger partial charge in [-0.2, -0.15) is 0 Å². The number of anilines is 1. The molecule has 2 aromatic carbocycles. The predicted octanol–water partition coefficient (Wildman–Crippen LogP) is 3.89. The van der Waals surface area contributed by atoms with Crippen molar-refractivity contribution in [3.05, 3.63) is 42.5 Å². The highest BCUT2D eigenvalue weighted by Crippen LogP contribution is 2.40. The average molecular weight is 323 g/mol. The van der Waals surface area contributed by atoms with Gasteiger partial charge in [0.05, 0.1) is 0 Å². The Hall–Kier alpha value is -2.49. The summed E-state index contributed by atoms with van der Waals surface area (Å²) >= 11 is 0. The molecule has 0 heterocycles. The number of Topliss-reactive ketones (excluding diaryl/α,β-unsaturated/α-hetero) is 2. The minimum atomic E-state index is -1.04. The summed E-state index contributed by atoms with van der Waals surface area (Å²) in [5.41, 5.74) is -0.363. The van der Waals surface area contributed by atoms with Crippen molar-refractivity contribution in [1.29, 1.82) is 0 Å². The summed E-state index contributed by atoms with van der Waals surface area (Å²) in [4.78, 5) is 36.6. The Balaban J connectivity index is 1.84. The van der Waals surface area contributed by atoms with Crippen molar-refractivity contribution in [2.75, 3.05) is 5.32 Å². The maximum Gasteiger partial charge on any atom is 0.238 e. The summed E-state index contributed by atoms with van der Waals surface area (Å²) in [6.07, 6.45) is 2.22. The molecular formula is C20H21NO3. The van der Waals surface area contributed by atoms with Gasteiger partial charge in [-0.25, -0.2) is 0 Å². The fourth-order valence-corrected chi connectivity index (χ4v) is 3.45. The number of ketones is 2. The Morgan fingerprint density at radius 3 is 2.54 bits per heavy atom. The predicted molar refractivity (Wildman–Crippen MR) is 93.8 cm³/mol. The van der Waals surface area contributed by atoms with Crippen LogP contribution in [-0.2, 0) is 14.4 Å². The molecule has 1 amide bonds. The number of nitrogens with one attached hydrogen (secondary N) is 1. The molecule has 1 atom stereocenters. The average Bonchev–Trinajstić information content (AvgIpc) is 2.95. The Kier molecular flexibility index (Phi) is 4.47. The van der Waals surface area contributed by atoms with Crippen LogP contribution >= 0.6 is 0 Å². The van der Waals surface area contributed by atoms with E-state index < -0.39 is 5.41 Å². The van der Waals surface area contributed by atoms with Crippen molar-refractivity contribution < 1.29 is 14.4 Å². The lowest BCUT2D eigenvalue weighted by molar-refractivity contribution is -0.137. The van der Waals surface area contributed by atoms with Crippen LogP contribution in [0.4, 0.5) is 5.69 Å². The van der Waals surface area contributed by atoms with Crippen molar-refractivity contribution in [3.8, 4) is 0 Å². The van der Waals surface area contributed by atoms with Crippen molar-refractivity contribution >= 4 is 33.9 Å². The lowest BCUT2D eigenvalue weighted by Gasteiger charge is -2.26. The van der Waals surface area contributed by atoms with Gasteiger partial charge in [-0.15, -0.1) is 0 Å². The summed E-state index contributed by atoms with van der Waals surface area (Å²) in [6.45, 7) is 1.49. The van der Waals surface area contributed by atoms with Crippen LogP contribution in [0, 0.1) is 5.41 Å². The fourth-order valence-electron chi connectivity index (χ4n) is 3.45. The number of hydrogen-bond donors (Lipinski definition) is 1. The zero-order valence-corrected chi connectivity index (χ0v) is 13.8. The van der Waals surface area contributed by atoms with Crippen LogP contribution in [0.2, 0.25) is 0 Å². The van der Waals surface area contributed by atoms with Crippen LogP contribution in [0.3, 0.4) is 0 Å². The third-order valence-electron chi connectivity index (χ3n) is 4.89. The smallest absolute Gasteiger partial charge is 0.238 e. The highest BCUT2D eigenvalue weighted by Gasteiger charge is 2.48. The number of rotatable bonds is 5. The van der Waals surface area contributed by atoms with Crippen molar-refractivity contribution in [2.45, 2.75) is 39.0 Å². The van der Waals surface area contributed by atoms with Crippen molar-refractivity contribution in [2.24, 2.45) is 5.41 Å². The summed E-state index contributed by atoms with van der Waals surface area (Å²) in [5, 5.41) is 5.03. The third kappa shape index (κ3) is 3.09. The van der Waals surface area contributed by atoms with Gasteiger partial charge in [-0.05, 0) is 49.1 Å². The van der Waals surface area contributed by atoms with Gasteiger partial charge in [0.2, 0.25) is 5.91 Å². The number of hydrogen-bond acceptors (Lipinski definition) is 3. The van der Waals surface area contributed by atoms with Gasteiger partial charge in [0, 0.05) is 18.5 Å². The second-order valence-electron chi connectivity index (χ2n) is 6.58. The monoisotopic (exact) mass is 323 g/mol. The quantitative estimate of drug-likeness (QED) is 0.849. The summed E-state index contributed by atoms with van der Waals surface area (Å²) in [5.74, 6) is -0.309. The maximum atomic E-state index is 12.9. The van der Waals surface area contributed by atoms with E-state index >= 15 is 0 Å². The molecule has 4 heteroatoms. The van der Waals surface area contributed by atoms with Crippen LogP contribution in [0.5, 0.6) is 0 Å². The Bertz CT molecular complexity index is 811. The van der Waals surface area contributed by atoms with E-state index in [4.69, 9.17) is 0 Å². The molecule has 0 bridgehead atoms. The van der Waals surface area contributed by atoms with E-state index in [-0.39, 0.29) is 23.9 Å². The molecule has 124 valence electrons. The zero-order valence-electron chi connectivity index (χ0n) is 13.8. The lowest BCUT2D eigenvalue weighted by atomic mass is 9.79. The van der Waals surface area contributed by atoms with Crippen LogP contribution < -0.4 is 5.32 Å². The normalized spacial score (nSPS) is 20.3. The molecule has 1 saturated carbocycles. The topological polar surface area (TPSA) is 63.2 Å². The summed E-state index contributed by atoms with van der Waals surface area (Å²) < 4.78 is 0. The second kappa shape index (κ2) is 6.56. The molecule has 0 radical (unpaired) electrons. The van der Waals surface area contributed by atoms with E-state index in [9.17, 15) is 14.4 Å². The molecule has 0 spiro atoms. The number of fused-ring (bicyclic) bond motifs is 1. The first-order valence-corrected chi connectivity index (χ1v) is 8.34. The van der Waals surface area contributed by atoms with Crippen LogP contribution in [0.25, 0.3) is 10.8 Å². The van der Waals surface area contributed by atoms with E-state index in [0.29, 0.717) is 31.4 Å². The van der Waals surface area contributed by atoms with E-state index in [0.717, 1.165) is 10.8 Å². The summed E-state index contributed by atoms with van der Waals surface area (Å²) in [6, 6.07) is 13.6. The van der Waals surface area contributed by atoms with Gasteiger partial charge in [0.25, 0.3) is 0 Å². The zero-order chi connectivity index (χ0) is 17.2. The fraction of sp³-hybridized carbons (Fsp3) is 0.350. The van der Waals surface area contributed by atoms with Crippen molar-refractivity contribution in [3.63, 3.8) is 0 Å². The molecule has 0 aromatic heterocycles. The van der Waals surface area contributed by atoms with Crippen LogP contribution in [0.15, 0.2) is 42.5 Å². The third-order valence-corrected chi connectivity index (χ3v) is 4.89. The Morgan fingerprint density at radius 1 is 1.12 bits per heavy atom. The molecule has 1 aliphatic rings. The van der Waals surface area contributed by atoms with Crippen LogP contribution in [0.1, 0.15) is 39.0 Å². The SMILES string of the molecule is CC(=O)CC[C@]1(C(=O)Nc2ccc3ccccc3c2)CCCC1=O. The maximum absolute atomic E-state index is 12.9. The highest BCUT2D eigenvalue weighted by molar-refractivity contribution is 6.13. The summed E-state index contributed by atoms with van der Waals surface area (Å²) in [7, 11) is 0. The van der Waals surface area contributed by atoms with Gasteiger partial charge >= 0.3 is 0 Å². The molecule has 1 N–H and O–H groups in total. The number of carbonyl (C=O) groups excluding carboxylic acids is 3. The standard InChI is InChI=1S/C20H21NO3/c1-14(22)10-12-20(11-4-7-18(20)23)19(24)21-17-9-8-15-5-2-3-6-16(15)13-17/h2-3,5-6,8-9,13H,4,7,10-12H2,1H3,(H,21,24)/t20-/m1/s1. The first-order chi connectivity index (χ1) is 11.5. The van der Waals surface area contributed by atoms with Gasteiger partial charge < -0.3 is 10.1 Å². The lowest BCUT2D eigenvalue weighted by Crippen LogP contribution is -2.40. The molecule has 24 heavy (non-hydrogen) atoms. The Labute approximate surface area is 141 Å². The second-order valence-corrected chi connectivity index (χ2v) is 6.58. The van der Waals surface area contributed by atoms with Gasteiger partial charge in [-0.1, -0.05) is 30.3 Å². The minimum Gasteiger partial charge on any atom is -0.325 e. The van der Waals surface area contributed by atoms with Gasteiger partial charge in [-0.3, -0.25) is 9.59 Å². The number of amides is 1. The van der Waals surface area contributed by atoms with E-state index in [1.807, 2.05) is 42.5 Å². The highest BCUT2D eigenvalue weighted by atomic mass is 16.2.